The third-order valence-electron chi connectivity index (χ3n) is 6.10. The number of nitrogens with one attached hydrogen (secondary N) is 1. The molecule has 1 aliphatic rings. The topological polar surface area (TPSA) is 73.9 Å². The number of methoxy groups -OCH3 is 1. The molecule has 0 unspecified atom stereocenters. The van der Waals surface area contributed by atoms with Crippen molar-refractivity contribution < 1.29 is 23.5 Å². The average Bonchev–Trinajstić information content (AvgIpc) is 2.42. The van der Waals surface area contributed by atoms with Gasteiger partial charge in [0.1, 0.15) is 16.1 Å². The number of hydrogen-bond donors (Lipinski definition) is 1. The highest BCUT2D eigenvalue weighted by molar-refractivity contribution is 5.98. The van der Waals surface area contributed by atoms with Crippen LogP contribution in [0.1, 0.15) is 61.8 Å². The predicted molar refractivity (Wildman–Crippen MR) is 100 cm³/mol. The Bertz CT molecular complexity index is 539. The zero-order valence-electron chi connectivity index (χ0n) is 17.5. The van der Waals surface area contributed by atoms with Crippen LogP contribution in [0.15, 0.2) is 0 Å². The van der Waals surface area contributed by atoms with Crippen molar-refractivity contribution >= 4 is 22.5 Å². The van der Waals surface area contributed by atoms with Crippen LogP contribution in [0.4, 0.5) is 4.79 Å². The lowest BCUT2D eigenvalue weighted by Gasteiger charge is -2.70. The molecule has 0 bridgehead atoms. The van der Waals surface area contributed by atoms with Gasteiger partial charge in [-0.25, -0.2) is 4.79 Å². The number of amides is 1. The summed E-state index contributed by atoms with van der Waals surface area (Å²) in [5.74, 6) is -0.342. The molecule has 0 radical (unpaired) electrons. The summed E-state index contributed by atoms with van der Waals surface area (Å²) in [6, 6.07) is 0. The predicted octanol–water partition coefficient (Wildman–Crippen LogP) is 2.18. The Labute approximate surface area is 154 Å². The molecular formula is C18H35NO5Si. The van der Waals surface area contributed by atoms with Crippen molar-refractivity contribution in [2.45, 2.75) is 73.0 Å². The molecule has 0 aromatic rings. The molecule has 0 heterocycles. The van der Waals surface area contributed by atoms with E-state index in [2.05, 4.69) is 33.0 Å². The molecule has 1 fully saturated rings. The van der Waals surface area contributed by atoms with E-state index in [9.17, 15) is 9.59 Å². The molecule has 0 aromatic heterocycles. The standard InChI is InChI=1S/C18H35NO5Si/c1-14(2,3)16(7)10-18(11-23-25,17(16,8)12(20)22-9)19-13(21)24-15(4,5)6/h10-11H2,1-9,25H3,(H,19,21)/t16-,17-,18+/m1/s1. The Morgan fingerprint density at radius 2 is 1.64 bits per heavy atom. The van der Waals surface area contributed by atoms with Crippen LogP contribution in [0.2, 0.25) is 0 Å². The number of carbonyl (C=O) groups is 2. The Hall–Kier alpha value is -1.08. The Kier molecular flexibility index (Phi) is 5.78. The number of carbonyl (C=O) groups excluding carboxylic acids is 2. The number of ether oxygens (including phenoxy) is 2. The minimum absolute atomic E-state index is 0.166. The molecule has 3 atom stereocenters. The highest BCUT2D eigenvalue weighted by Crippen LogP contribution is 2.70. The minimum atomic E-state index is -0.936. The summed E-state index contributed by atoms with van der Waals surface area (Å²) in [5, 5.41) is 2.96. The van der Waals surface area contributed by atoms with E-state index in [1.54, 1.807) is 0 Å². The Morgan fingerprint density at radius 3 is 2.00 bits per heavy atom. The molecular weight excluding hydrogens is 338 g/mol. The van der Waals surface area contributed by atoms with E-state index in [0.717, 1.165) is 0 Å². The van der Waals surface area contributed by atoms with Gasteiger partial charge in [0.05, 0.1) is 24.7 Å². The van der Waals surface area contributed by atoms with Gasteiger partial charge < -0.3 is 19.2 Å². The first-order valence-electron chi connectivity index (χ1n) is 8.69. The number of hydrogen-bond acceptors (Lipinski definition) is 5. The first-order valence-corrected chi connectivity index (χ1v) is 9.50. The van der Waals surface area contributed by atoms with Crippen LogP contribution < -0.4 is 5.32 Å². The normalized spacial score (nSPS) is 32.7. The maximum absolute atomic E-state index is 12.9. The van der Waals surface area contributed by atoms with Crippen LogP contribution in [0.5, 0.6) is 0 Å². The molecule has 0 aliphatic heterocycles. The first kappa shape index (κ1) is 22.0. The number of rotatable bonds is 4. The molecule has 1 rings (SSSR count). The van der Waals surface area contributed by atoms with Crippen LogP contribution in [-0.4, -0.2) is 47.4 Å². The zero-order valence-corrected chi connectivity index (χ0v) is 19.5. The fourth-order valence-corrected chi connectivity index (χ4v) is 4.66. The van der Waals surface area contributed by atoms with Gasteiger partial charge in [0.2, 0.25) is 0 Å². The maximum Gasteiger partial charge on any atom is 0.408 e. The molecule has 6 nitrogen and oxygen atoms in total. The monoisotopic (exact) mass is 373 g/mol. The molecule has 0 aromatic carbocycles. The van der Waals surface area contributed by atoms with Gasteiger partial charge in [-0.1, -0.05) is 27.7 Å². The second kappa shape index (κ2) is 6.58. The van der Waals surface area contributed by atoms with E-state index < -0.39 is 22.6 Å². The summed E-state index contributed by atoms with van der Waals surface area (Å²) < 4.78 is 16.1. The third-order valence-corrected chi connectivity index (χ3v) is 6.38. The Balaban J connectivity index is 3.34. The molecule has 1 saturated carbocycles. The van der Waals surface area contributed by atoms with Crippen molar-refractivity contribution in [2.75, 3.05) is 13.7 Å². The third kappa shape index (κ3) is 3.45. The molecule has 1 aliphatic carbocycles. The molecule has 1 amide bonds. The van der Waals surface area contributed by atoms with Gasteiger partial charge in [-0.05, 0) is 44.9 Å². The summed E-state index contributed by atoms with van der Waals surface area (Å²) in [5.41, 5.74) is -2.95. The Morgan fingerprint density at radius 1 is 1.12 bits per heavy atom. The quantitative estimate of drug-likeness (QED) is 0.604. The first-order chi connectivity index (χ1) is 11.1. The maximum atomic E-state index is 12.9. The van der Waals surface area contributed by atoms with Crippen molar-refractivity contribution in [1.82, 2.24) is 5.32 Å². The van der Waals surface area contributed by atoms with Crippen LogP contribution in [-0.2, 0) is 18.7 Å². The zero-order chi connectivity index (χ0) is 19.9. The van der Waals surface area contributed by atoms with Crippen molar-refractivity contribution in [3.05, 3.63) is 0 Å². The summed E-state index contributed by atoms with van der Waals surface area (Å²) in [7, 11) is 1.89. The van der Waals surface area contributed by atoms with E-state index >= 15 is 0 Å². The molecule has 25 heavy (non-hydrogen) atoms. The summed E-state index contributed by atoms with van der Waals surface area (Å²) in [6.45, 7) is 15.9. The van der Waals surface area contributed by atoms with Crippen LogP contribution in [0.25, 0.3) is 0 Å². The minimum Gasteiger partial charge on any atom is -0.469 e. The van der Waals surface area contributed by atoms with E-state index in [1.807, 2.05) is 27.7 Å². The van der Waals surface area contributed by atoms with E-state index in [0.29, 0.717) is 16.9 Å². The smallest absolute Gasteiger partial charge is 0.408 e. The fraction of sp³-hybridized carbons (Fsp3) is 0.889. The molecule has 1 N–H and O–H groups in total. The SMILES string of the molecule is COC(=O)[C@@]1(C)[C@](CO[SiH3])(NC(=O)OC(C)(C)C)C[C@]1(C)C(C)(C)C. The van der Waals surface area contributed by atoms with E-state index in [1.165, 1.54) is 7.11 Å². The van der Waals surface area contributed by atoms with Gasteiger partial charge in [0.15, 0.2) is 0 Å². The van der Waals surface area contributed by atoms with Gasteiger partial charge in [-0.3, -0.25) is 4.79 Å². The largest absolute Gasteiger partial charge is 0.469 e. The molecule has 146 valence electrons. The number of esters is 1. The lowest BCUT2D eigenvalue weighted by atomic mass is 9.35. The van der Waals surface area contributed by atoms with Gasteiger partial charge in [-0.2, -0.15) is 0 Å². The lowest BCUT2D eigenvalue weighted by molar-refractivity contribution is -0.234. The summed E-state index contributed by atoms with van der Waals surface area (Å²) >= 11 is 0. The van der Waals surface area contributed by atoms with Crippen molar-refractivity contribution in [2.24, 2.45) is 16.2 Å². The lowest BCUT2D eigenvalue weighted by Crippen LogP contribution is -2.81. The summed E-state index contributed by atoms with van der Waals surface area (Å²) in [6.07, 6.45) is 0.0636. The second-order valence-corrected chi connectivity index (χ2v) is 10.1. The van der Waals surface area contributed by atoms with Gasteiger partial charge >= 0.3 is 12.1 Å². The van der Waals surface area contributed by atoms with Crippen LogP contribution in [0, 0.1) is 16.2 Å². The molecule has 7 heteroatoms. The van der Waals surface area contributed by atoms with E-state index in [4.69, 9.17) is 13.9 Å². The van der Waals surface area contributed by atoms with Gasteiger partial charge in [-0.15, -0.1) is 0 Å². The average molecular weight is 374 g/mol. The fourth-order valence-electron chi connectivity index (χ4n) is 4.16. The van der Waals surface area contributed by atoms with Crippen molar-refractivity contribution in [3.8, 4) is 0 Å². The van der Waals surface area contributed by atoms with Gasteiger partial charge in [0.25, 0.3) is 0 Å². The van der Waals surface area contributed by atoms with Crippen LogP contribution >= 0.6 is 0 Å². The molecule has 0 saturated heterocycles. The van der Waals surface area contributed by atoms with Gasteiger partial charge in [0, 0.05) is 0 Å². The van der Waals surface area contributed by atoms with Crippen molar-refractivity contribution in [1.29, 1.82) is 0 Å². The summed E-state index contributed by atoms with van der Waals surface area (Å²) in [4.78, 5) is 25.3. The molecule has 0 spiro atoms. The van der Waals surface area contributed by atoms with Crippen molar-refractivity contribution in [3.63, 3.8) is 0 Å². The highest BCUT2D eigenvalue weighted by atomic mass is 28.2. The van der Waals surface area contributed by atoms with E-state index in [-0.39, 0.29) is 23.4 Å². The second-order valence-electron chi connectivity index (χ2n) is 9.52. The van der Waals surface area contributed by atoms with Crippen LogP contribution in [0.3, 0.4) is 0 Å². The number of alkyl carbamates (subject to hydrolysis) is 1. The highest BCUT2D eigenvalue weighted by Gasteiger charge is 2.77.